The Hall–Kier alpha value is -2.62. The first-order chi connectivity index (χ1) is 12.9. The number of rotatable bonds is 4. The minimum atomic E-state index is -0.344. The number of hydrogen-bond acceptors (Lipinski definition) is 3. The summed E-state index contributed by atoms with van der Waals surface area (Å²) in [5.74, 6) is 4.43. The molecule has 4 heteroatoms. The van der Waals surface area contributed by atoms with E-state index in [2.05, 4.69) is 38.1 Å². The summed E-state index contributed by atoms with van der Waals surface area (Å²) in [6.07, 6.45) is 5.60. The molecule has 0 amide bonds. The van der Waals surface area contributed by atoms with E-state index in [0.717, 1.165) is 17.7 Å². The normalized spacial score (nSPS) is 24.1. The Morgan fingerprint density at radius 1 is 1.00 bits per heavy atom. The Morgan fingerprint density at radius 2 is 1.59 bits per heavy atom. The van der Waals surface area contributed by atoms with Gasteiger partial charge in [0.05, 0.1) is 12.0 Å². The maximum Gasteiger partial charge on any atom is 0.269 e. The van der Waals surface area contributed by atoms with Crippen molar-refractivity contribution in [3.63, 3.8) is 0 Å². The number of ether oxygens (including phenoxy) is 1. The van der Waals surface area contributed by atoms with Crippen molar-refractivity contribution in [3.05, 3.63) is 93.8 Å². The molecule has 4 rings (SSSR count). The molecule has 0 spiro atoms. The van der Waals surface area contributed by atoms with Crippen LogP contribution in [0.1, 0.15) is 31.4 Å². The Morgan fingerprint density at radius 3 is 2.19 bits per heavy atom. The molecule has 2 aromatic rings. The minimum absolute atomic E-state index is 0.120. The summed E-state index contributed by atoms with van der Waals surface area (Å²) in [4.78, 5) is 10.7. The van der Waals surface area contributed by atoms with Gasteiger partial charge in [-0.2, -0.15) is 0 Å². The number of nitro groups is 1. The number of allylic oxidation sites excluding steroid dienone is 2. The number of non-ortho nitro benzene ring substituents is 1. The SMILES string of the molecule is COc1ccc([C]2C3C=CCC3[C](c3ccc([N+](=O)[O-])cc3)C2(C)C)cc1. The first-order valence-corrected chi connectivity index (χ1v) is 9.24. The number of fused-ring (bicyclic) bond motifs is 1. The molecule has 138 valence electrons. The van der Waals surface area contributed by atoms with Crippen molar-refractivity contribution < 1.29 is 9.66 Å². The van der Waals surface area contributed by atoms with Gasteiger partial charge in [0, 0.05) is 24.0 Å². The lowest BCUT2D eigenvalue weighted by molar-refractivity contribution is -0.384. The van der Waals surface area contributed by atoms with Gasteiger partial charge >= 0.3 is 0 Å². The largest absolute Gasteiger partial charge is 0.497 e. The van der Waals surface area contributed by atoms with E-state index in [1.54, 1.807) is 19.2 Å². The Balaban J connectivity index is 1.74. The second-order valence-electron chi connectivity index (χ2n) is 7.78. The highest BCUT2D eigenvalue weighted by Crippen LogP contribution is 2.64. The van der Waals surface area contributed by atoms with E-state index in [1.807, 2.05) is 24.3 Å². The van der Waals surface area contributed by atoms with Crippen molar-refractivity contribution >= 4 is 5.69 Å². The van der Waals surface area contributed by atoms with Crippen molar-refractivity contribution in [2.45, 2.75) is 20.3 Å². The third-order valence-electron chi connectivity index (χ3n) is 6.01. The van der Waals surface area contributed by atoms with Crippen molar-refractivity contribution in [1.82, 2.24) is 0 Å². The van der Waals surface area contributed by atoms with Crippen LogP contribution in [0.3, 0.4) is 0 Å². The second-order valence-corrected chi connectivity index (χ2v) is 7.78. The van der Waals surface area contributed by atoms with Gasteiger partial charge < -0.3 is 4.74 Å². The van der Waals surface area contributed by atoms with E-state index in [9.17, 15) is 10.1 Å². The molecular formula is C23H23NO3. The fraction of sp³-hybridized carbons (Fsp3) is 0.304. The number of methoxy groups -OCH3 is 1. The third kappa shape index (κ3) is 2.84. The van der Waals surface area contributed by atoms with E-state index in [-0.39, 0.29) is 16.0 Å². The minimum Gasteiger partial charge on any atom is -0.497 e. The van der Waals surface area contributed by atoms with E-state index in [0.29, 0.717) is 11.8 Å². The highest BCUT2D eigenvalue weighted by atomic mass is 16.6. The lowest BCUT2D eigenvalue weighted by atomic mass is 9.68. The highest BCUT2D eigenvalue weighted by molar-refractivity contribution is 5.55. The van der Waals surface area contributed by atoms with Crippen LogP contribution in [0.5, 0.6) is 5.75 Å². The smallest absolute Gasteiger partial charge is 0.269 e. The molecule has 2 aliphatic rings. The van der Waals surface area contributed by atoms with Crippen LogP contribution >= 0.6 is 0 Å². The van der Waals surface area contributed by atoms with Gasteiger partial charge in [-0.1, -0.05) is 50.3 Å². The molecule has 2 unspecified atom stereocenters. The molecule has 0 heterocycles. The van der Waals surface area contributed by atoms with Crippen LogP contribution in [-0.4, -0.2) is 12.0 Å². The van der Waals surface area contributed by atoms with Gasteiger partial charge in [-0.3, -0.25) is 10.1 Å². The zero-order chi connectivity index (χ0) is 19.2. The molecule has 0 aliphatic heterocycles. The number of hydrogen-bond donors (Lipinski definition) is 0. The highest BCUT2D eigenvalue weighted by Gasteiger charge is 2.56. The molecule has 0 bridgehead atoms. The van der Waals surface area contributed by atoms with Gasteiger partial charge in [0.25, 0.3) is 5.69 Å². The number of benzene rings is 2. The number of nitro benzene ring substituents is 1. The topological polar surface area (TPSA) is 52.4 Å². The summed E-state index contributed by atoms with van der Waals surface area (Å²) >= 11 is 0. The molecule has 1 fully saturated rings. The predicted octanol–water partition coefficient (Wildman–Crippen LogP) is 5.38. The lowest BCUT2D eigenvalue weighted by Crippen LogP contribution is -2.26. The standard InChI is InChI=1S/C23H23NO3/c1-23(2)21(15-7-11-17(12-8-15)24(25)26)19-5-4-6-20(19)22(23)16-9-13-18(27-3)14-10-16/h4,6-14,19-20H,5H2,1-3H3. The Kier molecular flexibility index (Phi) is 4.29. The van der Waals surface area contributed by atoms with Crippen molar-refractivity contribution in [1.29, 1.82) is 0 Å². The fourth-order valence-corrected chi connectivity index (χ4v) is 4.93. The summed E-state index contributed by atoms with van der Waals surface area (Å²) < 4.78 is 5.31. The summed E-state index contributed by atoms with van der Waals surface area (Å²) in [6.45, 7) is 4.55. The lowest BCUT2D eigenvalue weighted by Gasteiger charge is -2.34. The van der Waals surface area contributed by atoms with E-state index < -0.39 is 0 Å². The molecule has 0 saturated heterocycles. The summed E-state index contributed by atoms with van der Waals surface area (Å²) in [5, 5.41) is 11.0. The second kappa shape index (κ2) is 6.52. The Labute approximate surface area is 160 Å². The zero-order valence-corrected chi connectivity index (χ0v) is 15.8. The van der Waals surface area contributed by atoms with E-state index in [1.165, 1.54) is 17.4 Å². The van der Waals surface area contributed by atoms with Gasteiger partial charge in [-0.25, -0.2) is 0 Å². The van der Waals surface area contributed by atoms with Crippen LogP contribution in [0.15, 0.2) is 60.7 Å². The zero-order valence-electron chi connectivity index (χ0n) is 15.8. The quantitative estimate of drug-likeness (QED) is 0.417. The maximum atomic E-state index is 11.0. The first kappa shape index (κ1) is 17.8. The maximum absolute atomic E-state index is 11.0. The molecule has 2 atom stereocenters. The van der Waals surface area contributed by atoms with Crippen LogP contribution in [0.2, 0.25) is 0 Å². The van der Waals surface area contributed by atoms with Crippen LogP contribution in [0.25, 0.3) is 0 Å². The van der Waals surface area contributed by atoms with E-state index >= 15 is 0 Å². The molecule has 2 radical (unpaired) electrons. The van der Waals surface area contributed by atoms with Crippen LogP contribution < -0.4 is 4.74 Å². The molecule has 2 aromatic carbocycles. The van der Waals surface area contributed by atoms with Crippen molar-refractivity contribution in [2.75, 3.05) is 7.11 Å². The van der Waals surface area contributed by atoms with Crippen molar-refractivity contribution in [3.8, 4) is 5.75 Å². The third-order valence-corrected chi connectivity index (χ3v) is 6.01. The monoisotopic (exact) mass is 361 g/mol. The summed E-state index contributed by atoms with van der Waals surface area (Å²) in [6, 6.07) is 15.3. The first-order valence-electron chi connectivity index (χ1n) is 9.24. The molecule has 0 N–H and O–H groups in total. The molecular weight excluding hydrogens is 338 g/mol. The van der Waals surface area contributed by atoms with Crippen molar-refractivity contribution in [2.24, 2.45) is 17.3 Å². The molecule has 0 aromatic heterocycles. The van der Waals surface area contributed by atoms with Gasteiger partial charge in [0.1, 0.15) is 5.75 Å². The van der Waals surface area contributed by atoms with E-state index in [4.69, 9.17) is 4.74 Å². The molecule has 2 aliphatic carbocycles. The van der Waals surface area contributed by atoms with Crippen LogP contribution in [0, 0.1) is 39.2 Å². The predicted molar refractivity (Wildman–Crippen MR) is 105 cm³/mol. The summed E-state index contributed by atoms with van der Waals surface area (Å²) in [5.41, 5.74) is 2.35. The average molecular weight is 361 g/mol. The van der Waals surface area contributed by atoms with Gasteiger partial charge in [-0.05, 0) is 46.9 Å². The molecule has 1 saturated carbocycles. The van der Waals surface area contributed by atoms with Crippen LogP contribution in [0.4, 0.5) is 5.69 Å². The summed E-state index contributed by atoms with van der Waals surface area (Å²) in [7, 11) is 1.68. The number of nitrogens with zero attached hydrogens (tertiary/aromatic N) is 1. The average Bonchev–Trinajstić information content (AvgIpc) is 3.18. The molecule has 27 heavy (non-hydrogen) atoms. The van der Waals surface area contributed by atoms with Gasteiger partial charge in [0.2, 0.25) is 0 Å². The fourth-order valence-electron chi connectivity index (χ4n) is 4.93. The van der Waals surface area contributed by atoms with Gasteiger partial charge in [-0.15, -0.1) is 0 Å². The Bertz CT molecular complexity index is 868. The van der Waals surface area contributed by atoms with Gasteiger partial charge in [0.15, 0.2) is 0 Å². The molecule has 4 nitrogen and oxygen atoms in total. The van der Waals surface area contributed by atoms with Crippen LogP contribution in [-0.2, 0) is 0 Å².